The molecule has 2 N–H and O–H groups in total. The van der Waals surface area contributed by atoms with Gasteiger partial charge in [-0.05, 0) is 63.3 Å². The molecule has 2 aromatic carbocycles. The number of aliphatic hydroxyl groups excluding tert-OH is 1. The molecule has 0 spiro atoms. The van der Waals surface area contributed by atoms with Crippen LogP contribution < -0.4 is 5.32 Å². The van der Waals surface area contributed by atoms with E-state index in [1.807, 2.05) is 24.3 Å². The van der Waals surface area contributed by atoms with Gasteiger partial charge in [-0.2, -0.15) is 0 Å². The van der Waals surface area contributed by atoms with E-state index in [2.05, 4.69) is 5.32 Å². The molecular formula is C29H34N2O7S. The van der Waals surface area contributed by atoms with Gasteiger partial charge in [0.15, 0.2) is 0 Å². The summed E-state index contributed by atoms with van der Waals surface area (Å²) >= 11 is 1.66. The Bertz CT molecular complexity index is 1250. The Morgan fingerprint density at radius 2 is 1.69 bits per heavy atom. The van der Waals surface area contributed by atoms with Gasteiger partial charge in [-0.25, -0.2) is 9.59 Å². The van der Waals surface area contributed by atoms with Gasteiger partial charge in [0.1, 0.15) is 0 Å². The molecule has 0 bridgehead atoms. The number of nitrogens with zero attached hydrogens (tertiary/aromatic N) is 1. The fourth-order valence-corrected chi connectivity index (χ4v) is 5.25. The molecule has 0 radical (unpaired) electrons. The number of esters is 2. The highest BCUT2D eigenvalue weighted by atomic mass is 32.2. The van der Waals surface area contributed by atoms with Crippen molar-refractivity contribution < 1.29 is 29.1 Å². The van der Waals surface area contributed by atoms with E-state index in [-0.39, 0.29) is 36.7 Å². The Kier molecular flexibility index (Phi) is 11.1. The van der Waals surface area contributed by atoms with E-state index in [1.165, 1.54) is 23.8 Å². The second-order valence-corrected chi connectivity index (χ2v) is 10.2. The van der Waals surface area contributed by atoms with E-state index < -0.39 is 22.8 Å². The summed E-state index contributed by atoms with van der Waals surface area (Å²) in [6.07, 6.45) is 2.19. The molecule has 208 valence electrons. The van der Waals surface area contributed by atoms with Crippen LogP contribution in [0.5, 0.6) is 0 Å². The first-order chi connectivity index (χ1) is 18.8. The molecule has 1 aliphatic heterocycles. The van der Waals surface area contributed by atoms with E-state index in [4.69, 9.17) is 14.6 Å². The van der Waals surface area contributed by atoms with E-state index in [1.54, 1.807) is 38.6 Å². The highest BCUT2D eigenvalue weighted by molar-refractivity contribution is 7.99. The summed E-state index contributed by atoms with van der Waals surface area (Å²) < 4.78 is 10.9. The third-order valence-electron chi connectivity index (χ3n) is 6.23. The number of hydrogen-bond acceptors (Lipinski definition) is 9. The molecule has 0 saturated carbocycles. The largest absolute Gasteiger partial charge is 0.463 e. The highest BCUT2D eigenvalue weighted by Crippen LogP contribution is 2.40. The van der Waals surface area contributed by atoms with Crippen molar-refractivity contribution in [3.8, 4) is 0 Å². The number of aryl methyl sites for hydroxylation is 1. The SMILES string of the molecule is CCOC(=O)C1=C(C)NC(C)=C(C(=O)OCCCSc2ccc(CCCO)cc2)C1c1cccc([N+](=O)[O-])c1. The second-order valence-electron chi connectivity index (χ2n) is 9.02. The molecule has 0 aliphatic carbocycles. The van der Waals surface area contributed by atoms with E-state index >= 15 is 0 Å². The second kappa shape index (κ2) is 14.5. The molecule has 0 amide bonds. The lowest BCUT2D eigenvalue weighted by Gasteiger charge is -2.30. The van der Waals surface area contributed by atoms with Crippen LogP contribution in [0.4, 0.5) is 5.69 Å². The topological polar surface area (TPSA) is 128 Å². The minimum Gasteiger partial charge on any atom is -0.463 e. The third kappa shape index (κ3) is 7.93. The predicted octanol–water partition coefficient (Wildman–Crippen LogP) is 5.04. The zero-order valence-electron chi connectivity index (χ0n) is 22.4. The number of allylic oxidation sites excluding steroid dienone is 2. The summed E-state index contributed by atoms with van der Waals surface area (Å²) in [4.78, 5) is 38.3. The number of ether oxygens (including phenoxy) is 2. The van der Waals surface area contributed by atoms with Gasteiger partial charge in [0.05, 0.1) is 35.2 Å². The number of aliphatic hydroxyl groups is 1. The standard InChI is InChI=1S/C29H34N2O7S/c1-4-37-28(33)25-19(2)30-20(3)26(27(25)22-9-5-10-23(18-22)31(35)36)29(34)38-16-7-17-39-24-13-11-21(12-14-24)8-6-15-32/h5,9-14,18,27,30,32H,4,6-8,15-17H2,1-3H3. The first-order valence-electron chi connectivity index (χ1n) is 12.9. The molecule has 9 nitrogen and oxygen atoms in total. The lowest BCUT2D eigenvalue weighted by molar-refractivity contribution is -0.384. The highest BCUT2D eigenvalue weighted by Gasteiger charge is 2.38. The molecule has 0 saturated heterocycles. The summed E-state index contributed by atoms with van der Waals surface area (Å²) in [5.41, 5.74) is 2.92. The van der Waals surface area contributed by atoms with Crippen molar-refractivity contribution in [3.05, 3.63) is 92.3 Å². The van der Waals surface area contributed by atoms with Crippen molar-refractivity contribution in [2.24, 2.45) is 0 Å². The van der Waals surface area contributed by atoms with Crippen LogP contribution in [0.15, 0.2) is 76.0 Å². The Labute approximate surface area is 232 Å². The quantitative estimate of drug-likeness (QED) is 0.115. The maximum absolute atomic E-state index is 13.3. The number of rotatable bonds is 13. The predicted molar refractivity (Wildman–Crippen MR) is 149 cm³/mol. The molecule has 3 rings (SSSR count). The Balaban J connectivity index is 1.72. The number of nitro benzene ring substituents is 1. The summed E-state index contributed by atoms with van der Waals surface area (Å²) in [6.45, 7) is 5.60. The number of nitro groups is 1. The number of benzene rings is 2. The van der Waals surface area contributed by atoms with Gasteiger partial charge in [0.2, 0.25) is 0 Å². The van der Waals surface area contributed by atoms with Gasteiger partial charge < -0.3 is 19.9 Å². The van der Waals surface area contributed by atoms with E-state index in [9.17, 15) is 19.7 Å². The summed E-state index contributed by atoms with van der Waals surface area (Å²) in [5, 5.41) is 23.5. The van der Waals surface area contributed by atoms with Crippen LogP contribution in [0.1, 0.15) is 50.7 Å². The van der Waals surface area contributed by atoms with Crippen LogP contribution in [0.3, 0.4) is 0 Å². The average molecular weight is 555 g/mol. The molecule has 1 atom stereocenters. The first-order valence-corrected chi connectivity index (χ1v) is 13.8. The van der Waals surface area contributed by atoms with E-state index in [0.717, 1.165) is 23.5 Å². The minimum atomic E-state index is -0.878. The Morgan fingerprint density at radius 1 is 1.03 bits per heavy atom. The summed E-state index contributed by atoms with van der Waals surface area (Å²) in [6, 6.07) is 14.1. The molecule has 2 aromatic rings. The zero-order chi connectivity index (χ0) is 28.4. The number of carbonyl (C=O) groups excluding carboxylic acids is 2. The molecule has 39 heavy (non-hydrogen) atoms. The Morgan fingerprint density at radius 3 is 2.31 bits per heavy atom. The smallest absolute Gasteiger partial charge is 0.336 e. The van der Waals surface area contributed by atoms with Crippen molar-refractivity contribution >= 4 is 29.4 Å². The number of thioether (sulfide) groups is 1. The average Bonchev–Trinajstić information content (AvgIpc) is 2.92. The molecule has 0 fully saturated rings. The van der Waals surface area contributed by atoms with Crippen LogP contribution in [-0.4, -0.2) is 47.5 Å². The van der Waals surface area contributed by atoms with Gasteiger partial charge in [-0.3, -0.25) is 10.1 Å². The zero-order valence-corrected chi connectivity index (χ0v) is 23.2. The normalized spacial score (nSPS) is 15.1. The summed E-state index contributed by atoms with van der Waals surface area (Å²) in [7, 11) is 0. The minimum absolute atomic E-state index is 0.142. The molecule has 1 unspecified atom stereocenters. The maximum Gasteiger partial charge on any atom is 0.336 e. The van der Waals surface area contributed by atoms with Gasteiger partial charge in [0, 0.05) is 40.8 Å². The molecular weight excluding hydrogens is 520 g/mol. The van der Waals surface area contributed by atoms with Crippen molar-refractivity contribution in [1.82, 2.24) is 5.32 Å². The van der Waals surface area contributed by atoms with Crippen molar-refractivity contribution in [3.63, 3.8) is 0 Å². The first kappa shape index (κ1) is 29.9. The van der Waals surface area contributed by atoms with Crippen LogP contribution >= 0.6 is 11.8 Å². The number of non-ortho nitro benzene ring substituents is 1. The molecule has 1 heterocycles. The van der Waals surface area contributed by atoms with Gasteiger partial charge in [-0.15, -0.1) is 11.8 Å². The van der Waals surface area contributed by atoms with Gasteiger partial charge in [-0.1, -0.05) is 24.3 Å². The lowest BCUT2D eigenvalue weighted by atomic mass is 9.80. The van der Waals surface area contributed by atoms with Crippen molar-refractivity contribution in [1.29, 1.82) is 0 Å². The monoisotopic (exact) mass is 554 g/mol. The van der Waals surface area contributed by atoms with Gasteiger partial charge >= 0.3 is 11.9 Å². The van der Waals surface area contributed by atoms with Gasteiger partial charge in [0.25, 0.3) is 5.69 Å². The number of hydrogen-bond donors (Lipinski definition) is 2. The van der Waals surface area contributed by atoms with Crippen LogP contribution in [0.25, 0.3) is 0 Å². The summed E-state index contributed by atoms with van der Waals surface area (Å²) in [5.74, 6) is -1.34. The van der Waals surface area contributed by atoms with Crippen LogP contribution in [0.2, 0.25) is 0 Å². The van der Waals surface area contributed by atoms with Crippen molar-refractivity contribution in [2.45, 2.75) is 50.8 Å². The number of dihydropyridines is 1. The molecule has 1 aliphatic rings. The fraction of sp³-hybridized carbons (Fsp3) is 0.379. The maximum atomic E-state index is 13.3. The van der Waals surface area contributed by atoms with E-state index in [0.29, 0.717) is 23.4 Å². The van der Waals surface area contributed by atoms with Crippen LogP contribution in [0, 0.1) is 10.1 Å². The van der Waals surface area contributed by atoms with Crippen LogP contribution in [-0.2, 0) is 25.5 Å². The Hall–Kier alpha value is -3.63. The lowest BCUT2D eigenvalue weighted by Crippen LogP contribution is -2.32. The van der Waals surface area contributed by atoms with Crippen molar-refractivity contribution in [2.75, 3.05) is 25.6 Å². The fourth-order valence-electron chi connectivity index (χ4n) is 4.42. The third-order valence-corrected chi connectivity index (χ3v) is 7.33. The number of nitrogens with one attached hydrogen (secondary N) is 1. The number of carbonyl (C=O) groups is 2. The molecule has 10 heteroatoms. The molecule has 0 aromatic heterocycles.